The number of fused-ring (bicyclic) bond motifs is 1. The van der Waals surface area contributed by atoms with E-state index in [1.807, 2.05) is 0 Å². The average molecular weight is 475 g/mol. The van der Waals surface area contributed by atoms with Crippen molar-refractivity contribution in [3.8, 4) is 0 Å². The van der Waals surface area contributed by atoms with Crippen LogP contribution in [0.5, 0.6) is 0 Å². The van der Waals surface area contributed by atoms with E-state index in [1.54, 1.807) is 24.4 Å². The fourth-order valence-corrected chi connectivity index (χ4v) is 3.49. The molecule has 0 aliphatic heterocycles. The average Bonchev–Trinajstić information content (AvgIpc) is 2.81. The second kappa shape index (κ2) is 8.77. The van der Waals surface area contributed by atoms with Crippen LogP contribution in [0.25, 0.3) is 10.9 Å². The molecule has 2 aromatic carbocycles. The Labute approximate surface area is 189 Å². The van der Waals surface area contributed by atoms with Crippen molar-refractivity contribution in [2.24, 2.45) is 0 Å². The first-order valence-electron chi connectivity index (χ1n) is 9.89. The molecule has 174 valence electrons. The van der Waals surface area contributed by atoms with Gasteiger partial charge in [0, 0.05) is 23.3 Å². The van der Waals surface area contributed by atoms with Crippen LogP contribution in [-0.4, -0.2) is 15.9 Å². The highest BCUT2D eigenvalue weighted by atomic mass is 19.4. The zero-order chi connectivity index (χ0) is 24.5. The molecule has 0 bridgehead atoms. The van der Waals surface area contributed by atoms with Gasteiger partial charge in [-0.25, -0.2) is 0 Å². The van der Waals surface area contributed by atoms with Gasteiger partial charge in [-0.15, -0.1) is 0 Å². The van der Waals surface area contributed by atoms with Crippen LogP contribution >= 0.6 is 0 Å². The molecule has 4 aromatic rings. The lowest BCUT2D eigenvalue weighted by molar-refractivity contribution is -0.139. The van der Waals surface area contributed by atoms with Gasteiger partial charge in [0.1, 0.15) is 0 Å². The van der Waals surface area contributed by atoms with Crippen LogP contribution in [0.1, 0.15) is 38.8 Å². The number of carbonyl (C=O) groups is 1. The summed E-state index contributed by atoms with van der Waals surface area (Å²) in [5.41, 5.74) is -1.86. The zero-order valence-electron chi connectivity index (χ0n) is 17.2. The number of aromatic nitrogens is 2. The van der Waals surface area contributed by atoms with Gasteiger partial charge >= 0.3 is 12.4 Å². The number of hydrogen-bond donors (Lipinski definition) is 1. The maximum absolute atomic E-state index is 13.7. The smallest absolute Gasteiger partial charge is 0.340 e. The summed E-state index contributed by atoms with van der Waals surface area (Å²) in [5.74, 6) is -0.727. The number of nitrogens with one attached hydrogen (secondary N) is 1. The summed E-state index contributed by atoms with van der Waals surface area (Å²) in [5, 5.41) is 3.13. The summed E-state index contributed by atoms with van der Waals surface area (Å²) < 4.78 is 80.0. The molecule has 1 amide bonds. The number of alkyl halides is 6. The molecule has 1 atom stereocenters. The number of halogens is 6. The van der Waals surface area contributed by atoms with Crippen molar-refractivity contribution in [2.75, 3.05) is 0 Å². The normalized spacial score (nSPS) is 13.0. The fourth-order valence-electron chi connectivity index (χ4n) is 3.49. The fraction of sp³-hybridized carbons (Fsp3) is 0.125. The Balaban J connectivity index is 1.77. The van der Waals surface area contributed by atoms with Crippen LogP contribution in [0, 0.1) is 0 Å². The summed E-state index contributed by atoms with van der Waals surface area (Å²) >= 11 is 0. The standard InChI is InChI=1S/C24H15F6N3O/c25-23(26,27)17-8-5-14(6-9-17)20(21-18(24(28,29)30)4-2-12-32-21)33-22(34)16-7-10-19-15(13-16)3-1-11-31-19/h1-13,20H,(H,33,34)/t20-/m0/s1. The Bertz CT molecular complexity index is 1330. The van der Waals surface area contributed by atoms with E-state index in [0.29, 0.717) is 10.9 Å². The van der Waals surface area contributed by atoms with Gasteiger partial charge in [0.05, 0.1) is 28.4 Å². The topological polar surface area (TPSA) is 54.9 Å². The summed E-state index contributed by atoms with van der Waals surface area (Å²) in [6, 6.07) is 11.9. The van der Waals surface area contributed by atoms with E-state index in [-0.39, 0.29) is 11.1 Å². The van der Waals surface area contributed by atoms with Gasteiger partial charge in [-0.2, -0.15) is 26.3 Å². The molecule has 0 fully saturated rings. The SMILES string of the molecule is O=C(N[C@@H](c1ccc(C(F)(F)F)cc1)c1ncccc1C(F)(F)F)c1ccc2ncccc2c1. The lowest BCUT2D eigenvalue weighted by Crippen LogP contribution is -2.31. The quantitative estimate of drug-likeness (QED) is 0.359. The molecule has 34 heavy (non-hydrogen) atoms. The molecule has 0 aliphatic rings. The third kappa shape index (κ3) is 4.85. The van der Waals surface area contributed by atoms with Crippen LogP contribution in [-0.2, 0) is 12.4 Å². The Morgan fingerprint density at radius 2 is 1.47 bits per heavy atom. The highest BCUT2D eigenvalue weighted by Crippen LogP contribution is 2.36. The van der Waals surface area contributed by atoms with Gasteiger partial charge in [0.15, 0.2) is 0 Å². The summed E-state index contributed by atoms with van der Waals surface area (Å²) in [7, 11) is 0. The lowest BCUT2D eigenvalue weighted by atomic mass is 9.97. The third-order valence-corrected chi connectivity index (χ3v) is 5.13. The van der Waals surface area contributed by atoms with Gasteiger partial charge in [0.2, 0.25) is 0 Å². The van der Waals surface area contributed by atoms with E-state index in [2.05, 4.69) is 15.3 Å². The van der Waals surface area contributed by atoms with E-state index < -0.39 is 41.1 Å². The minimum atomic E-state index is -4.80. The minimum Gasteiger partial charge on any atom is -0.340 e. The molecule has 2 aromatic heterocycles. The molecular formula is C24H15F6N3O. The highest BCUT2D eigenvalue weighted by Gasteiger charge is 2.37. The molecule has 0 unspecified atom stereocenters. The van der Waals surface area contributed by atoms with E-state index in [4.69, 9.17) is 0 Å². The van der Waals surface area contributed by atoms with Gasteiger partial charge in [-0.05, 0) is 54.1 Å². The molecule has 0 spiro atoms. The summed E-state index contributed by atoms with van der Waals surface area (Å²) in [4.78, 5) is 21.0. The number of rotatable bonds is 4. The number of pyridine rings is 2. The predicted octanol–water partition coefficient (Wildman–Crippen LogP) is 6.19. The predicted molar refractivity (Wildman–Crippen MR) is 112 cm³/mol. The molecule has 4 nitrogen and oxygen atoms in total. The first kappa shape index (κ1) is 23.2. The maximum Gasteiger partial charge on any atom is 0.418 e. The van der Waals surface area contributed by atoms with Crippen LogP contribution in [0.4, 0.5) is 26.3 Å². The van der Waals surface area contributed by atoms with Crippen molar-refractivity contribution in [1.82, 2.24) is 15.3 Å². The molecule has 0 saturated carbocycles. The van der Waals surface area contributed by atoms with E-state index in [0.717, 1.165) is 42.6 Å². The number of hydrogen-bond acceptors (Lipinski definition) is 3. The monoisotopic (exact) mass is 475 g/mol. The zero-order valence-corrected chi connectivity index (χ0v) is 17.2. The second-order valence-corrected chi connectivity index (χ2v) is 7.37. The van der Waals surface area contributed by atoms with E-state index in [9.17, 15) is 31.1 Å². The van der Waals surface area contributed by atoms with Crippen LogP contribution in [0.15, 0.2) is 79.1 Å². The van der Waals surface area contributed by atoms with Gasteiger partial charge < -0.3 is 5.32 Å². The van der Waals surface area contributed by atoms with Crippen LogP contribution in [0.2, 0.25) is 0 Å². The van der Waals surface area contributed by atoms with Gasteiger partial charge in [-0.3, -0.25) is 14.8 Å². The summed E-state index contributed by atoms with van der Waals surface area (Å²) in [6.07, 6.45) is -6.73. The molecule has 0 radical (unpaired) electrons. The Kier molecular flexibility index (Phi) is 5.99. The Hall–Kier alpha value is -3.95. The van der Waals surface area contributed by atoms with Crippen molar-refractivity contribution < 1.29 is 31.1 Å². The molecule has 2 heterocycles. The number of amides is 1. The van der Waals surface area contributed by atoms with E-state index in [1.165, 1.54) is 12.1 Å². The third-order valence-electron chi connectivity index (χ3n) is 5.13. The molecular weight excluding hydrogens is 460 g/mol. The number of benzene rings is 2. The first-order chi connectivity index (χ1) is 16.0. The van der Waals surface area contributed by atoms with Crippen molar-refractivity contribution in [2.45, 2.75) is 18.4 Å². The first-order valence-corrected chi connectivity index (χ1v) is 9.89. The highest BCUT2D eigenvalue weighted by molar-refractivity contribution is 5.98. The summed E-state index contributed by atoms with van der Waals surface area (Å²) in [6.45, 7) is 0. The largest absolute Gasteiger partial charge is 0.418 e. The Morgan fingerprint density at radius 3 is 2.15 bits per heavy atom. The molecule has 0 saturated heterocycles. The van der Waals surface area contributed by atoms with E-state index >= 15 is 0 Å². The number of carbonyl (C=O) groups excluding carboxylic acids is 1. The molecule has 1 N–H and O–H groups in total. The van der Waals surface area contributed by atoms with Crippen molar-refractivity contribution in [3.05, 3.63) is 107 Å². The van der Waals surface area contributed by atoms with Gasteiger partial charge in [0.25, 0.3) is 5.91 Å². The van der Waals surface area contributed by atoms with Crippen molar-refractivity contribution >= 4 is 16.8 Å². The van der Waals surface area contributed by atoms with Crippen molar-refractivity contribution in [1.29, 1.82) is 0 Å². The lowest BCUT2D eigenvalue weighted by Gasteiger charge is -2.23. The molecule has 0 aliphatic carbocycles. The minimum absolute atomic E-state index is 0.00741. The molecule has 4 rings (SSSR count). The maximum atomic E-state index is 13.7. The van der Waals surface area contributed by atoms with Gasteiger partial charge in [-0.1, -0.05) is 18.2 Å². The van der Waals surface area contributed by atoms with Crippen LogP contribution in [0.3, 0.4) is 0 Å². The second-order valence-electron chi connectivity index (χ2n) is 7.37. The van der Waals surface area contributed by atoms with Crippen molar-refractivity contribution in [3.63, 3.8) is 0 Å². The Morgan fingerprint density at radius 1 is 0.794 bits per heavy atom. The molecule has 10 heteroatoms. The van der Waals surface area contributed by atoms with Crippen LogP contribution < -0.4 is 5.32 Å². The number of nitrogens with zero attached hydrogens (tertiary/aromatic N) is 2.